The first kappa shape index (κ1) is 11.1. The van der Waals surface area contributed by atoms with Crippen molar-refractivity contribution in [1.82, 2.24) is 15.2 Å². The van der Waals surface area contributed by atoms with Gasteiger partial charge in [-0.05, 0) is 26.0 Å². The molecule has 0 amide bonds. The molecule has 17 heavy (non-hydrogen) atoms. The summed E-state index contributed by atoms with van der Waals surface area (Å²) < 4.78 is 5.27. The summed E-state index contributed by atoms with van der Waals surface area (Å²) in [6.07, 6.45) is 1.48. The summed E-state index contributed by atoms with van der Waals surface area (Å²) in [6, 6.07) is 3.61. The number of hydrogen-bond donors (Lipinski definition) is 2. The Morgan fingerprint density at radius 3 is 2.88 bits per heavy atom. The number of aryl methyl sites for hydroxylation is 2. The zero-order chi connectivity index (χ0) is 12.3. The van der Waals surface area contributed by atoms with E-state index in [1.165, 1.54) is 6.21 Å². The molecule has 0 bridgehead atoms. The summed E-state index contributed by atoms with van der Waals surface area (Å²) in [5, 5.41) is 11.2. The lowest BCUT2D eigenvalue weighted by atomic mass is 10.4. The number of H-pyrrole nitrogens is 1. The van der Waals surface area contributed by atoms with E-state index in [4.69, 9.17) is 4.42 Å². The number of nitrogens with zero attached hydrogens (tertiary/aromatic N) is 3. The number of furan rings is 1. The van der Waals surface area contributed by atoms with Crippen molar-refractivity contribution in [1.29, 1.82) is 0 Å². The maximum atomic E-state index is 11.2. The number of anilines is 1. The molecule has 0 saturated carbocycles. The van der Waals surface area contributed by atoms with Crippen LogP contribution in [0.1, 0.15) is 17.2 Å². The topological polar surface area (TPSA) is 96.2 Å². The van der Waals surface area contributed by atoms with Gasteiger partial charge in [0.2, 0.25) is 5.95 Å². The van der Waals surface area contributed by atoms with Gasteiger partial charge in [-0.3, -0.25) is 9.78 Å². The first-order valence-corrected chi connectivity index (χ1v) is 4.94. The second kappa shape index (κ2) is 4.60. The lowest BCUT2D eigenvalue weighted by molar-refractivity contribution is 0.528. The van der Waals surface area contributed by atoms with Crippen molar-refractivity contribution < 1.29 is 4.42 Å². The van der Waals surface area contributed by atoms with E-state index in [1.807, 2.05) is 13.0 Å². The second-order valence-electron chi connectivity index (χ2n) is 3.41. The van der Waals surface area contributed by atoms with Crippen LogP contribution in [-0.2, 0) is 0 Å². The number of aromatic nitrogens is 3. The highest BCUT2D eigenvalue weighted by molar-refractivity contribution is 5.76. The van der Waals surface area contributed by atoms with E-state index in [-0.39, 0.29) is 11.5 Å². The van der Waals surface area contributed by atoms with E-state index in [0.29, 0.717) is 11.5 Å². The normalized spacial score (nSPS) is 10.9. The summed E-state index contributed by atoms with van der Waals surface area (Å²) in [6.45, 7) is 3.41. The van der Waals surface area contributed by atoms with Crippen LogP contribution in [-0.4, -0.2) is 21.4 Å². The van der Waals surface area contributed by atoms with Crippen molar-refractivity contribution in [3.05, 3.63) is 39.7 Å². The fourth-order valence-corrected chi connectivity index (χ4v) is 1.12. The molecule has 0 fully saturated rings. The molecule has 88 valence electrons. The zero-order valence-electron chi connectivity index (χ0n) is 9.39. The average Bonchev–Trinajstić information content (AvgIpc) is 2.70. The minimum atomic E-state index is -0.299. The largest absolute Gasteiger partial charge is 0.460 e. The van der Waals surface area contributed by atoms with Gasteiger partial charge in [0.25, 0.3) is 5.56 Å². The molecule has 2 aromatic rings. The van der Waals surface area contributed by atoms with Crippen LogP contribution in [0.25, 0.3) is 0 Å². The van der Waals surface area contributed by atoms with E-state index in [2.05, 4.69) is 25.7 Å². The maximum absolute atomic E-state index is 11.2. The van der Waals surface area contributed by atoms with Gasteiger partial charge in [0.15, 0.2) is 0 Å². The van der Waals surface area contributed by atoms with Crippen LogP contribution < -0.4 is 11.0 Å². The van der Waals surface area contributed by atoms with Gasteiger partial charge in [0, 0.05) is 0 Å². The van der Waals surface area contributed by atoms with Crippen LogP contribution in [0.4, 0.5) is 5.95 Å². The maximum Gasteiger partial charge on any atom is 0.274 e. The molecule has 7 nitrogen and oxygen atoms in total. The van der Waals surface area contributed by atoms with Crippen LogP contribution in [0, 0.1) is 13.8 Å². The highest BCUT2D eigenvalue weighted by atomic mass is 16.3. The Hall–Kier alpha value is -2.44. The van der Waals surface area contributed by atoms with Crippen LogP contribution in [0.2, 0.25) is 0 Å². The van der Waals surface area contributed by atoms with Gasteiger partial charge in [-0.25, -0.2) is 5.43 Å². The van der Waals surface area contributed by atoms with E-state index in [1.54, 1.807) is 13.0 Å². The molecule has 2 aromatic heterocycles. The lowest BCUT2D eigenvalue weighted by Crippen LogP contribution is -2.15. The molecule has 0 spiro atoms. The highest BCUT2D eigenvalue weighted by Gasteiger charge is 1.98. The van der Waals surface area contributed by atoms with Gasteiger partial charge in [-0.15, -0.1) is 10.2 Å². The Bertz CT molecular complexity index is 599. The molecular weight excluding hydrogens is 222 g/mol. The molecule has 0 aromatic carbocycles. The monoisotopic (exact) mass is 233 g/mol. The fourth-order valence-electron chi connectivity index (χ4n) is 1.12. The van der Waals surface area contributed by atoms with Crippen molar-refractivity contribution >= 4 is 12.2 Å². The number of aromatic amines is 1. The van der Waals surface area contributed by atoms with Crippen LogP contribution in [0.3, 0.4) is 0 Å². The molecule has 0 aliphatic rings. The van der Waals surface area contributed by atoms with Gasteiger partial charge in [0.1, 0.15) is 17.2 Å². The standard InChI is InChI=1S/C10H11N5O2/c1-6-3-4-8(17-6)5-11-14-10-12-9(16)7(2)13-15-10/h3-5H,1-2H3,(H2,12,14,15,16)/b11-5-. The summed E-state index contributed by atoms with van der Waals surface area (Å²) in [5.41, 5.74) is 2.56. The number of rotatable bonds is 3. The molecule has 7 heteroatoms. The summed E-state index contributed by atoms with van der Waals surface area (Å²) in [7, 11) is 0. The fraction of sp³-hybridized carbons (Fsp3) is 0.200. The Kier molecular flexibility index (Phi) is 2.99. The van der Waals surface area contributed by atoms with Gasteiger partial charge in [-0.1, -0.05) is 0 Å². The third kappa shape index (κ3) is 2.77. The van der Waals surface area contributed by atoms with E-state index in [9.17, 15) is 4.79 Å². The minimum absolute atomic E-state index is 0.181. The molecule has 0 unspecified atom stereocenters. The Labute approximate surface area is 96.6 Å². The van der Waals surface area contributed by atoms with Crippen LogP contribution >= 0.6 is 0 Å². The minimum Gasteiger partial charge on any atom is -0.460 e. The smallest absolute Gasteiger partial charge is 0.274 e. The van der Waals surface area contributed by atoms with Crippen LogP contribution in [0.15, 0.2) is 26.4 Å². The first-order valence-electron chi connectivity index (χ1n) is 4.94. The number of hydrogen-bond acceptors (Lipinski definition) is 6. The van der Waals surface area contributed by atoms with Gasteiger partial charge < -0.3 is 4.42 Å². The van der Waals surface area contributed by atoms with Gasteiger partial charge in [0.05, 0.1) is 6.21 Å². The molecule has 0 atom stereocenters. The molecule has 0 aliphatic heterocycles. The van der Waals surface area contributed by atoms with Crippen molar-refractivity contribution in [3.63, 3.8) is 0 Å². The van der Waals surface area contributed by atoms with Crippen molar-refractivity contribution in [2.24, 2.45) is 5.10 Å². The molecule has 2 N–H and O–H groups in total. The molecule has 2 rings (SSSR count). The predicted octanol–water partition coefficient (Wildman–Crippen LogP) is 0.821. The molecule has 0 saturated heterocycles. The number of nitrogens with one attached hydrogen (secondary N) is 2. The van der Waals surface area contributed by atoms with E-state index < -0.39 is 0 Å². The lowest BCUT2D eigenvalue weighted by Gasteiger charge is -1.96. The highest BCUT2D eigenvalue weighted by Crippen LogP contribution is 2.03. The third-order valence-corrected chi connectivity index (χ3v) is 1.98. The molecule has 2 heterocycles. The Morgan fingerprint density at radius 2 is 2.24 bits per heavy atom. The first-order chi connectivity index (χ1) is 8.15. The summed E-state index contributed by atoms with van der Waals surface area (Å²) in [4.78, 5) is 13.7. The molecular formula is C10H11N5O2. The van der Waals surface area contributed by atoms with Crippen LogP contribution in [0.5, 0.6) is 0 Å². The third-order valence-electron chi connectivity index (χ3n) is 1.98. The summed E-state index contributed by atoms with van der Waals surface area (Å²) in [5.74, 6) is 1.59. The molecule has 0 aliphatic carbocycles. The van der Waals surface area contributed by atoms with Gasteiger partial charge in [-0.2, -0.15) is 5.10 Å². The SMILES string of the molecule is Cc1ccc(/C=N\Nc2nnc(C)c(=O)[nH]2)o1. The van der Waals surface area contributed by atoms with Crippen molar-refractivity contribution in [2.75, 3.05) is 5.43 Å². The van der Waals surface area contributed by atoms with Gasteiger partial charge >= 0.3 is 0 Å². The zero-order valence-corrected chi connectivity index (χ0v) is 9.39. The number of hydrazone groups is 1. The Balaban J connectivity index is 2.04. The molecule has 0 radical (unpaired) electrons. The van der Waals surface area contributed by atoms with Crippen molar-refractivity contribution in [2.45, 2.75) is 13.8 Å². The average molecular weight is 233 g/mol. The predicted molar refractivity (Wildman–Crippen MR) is 62.1 cm³/mol. The second-order valence-corrected chi connectivity index (χ2v) is 3.41. The van der Waals surface area contributed by atoms with E-state index in [0.717, 1.165) is 5.76 Å². The van der Waals surface area contributed by atoms with E-state index >= 15 is 0 Å². The summed E-state index contributed by atoms with van der Waals surface area (Å²) >= 11 is 0. The Morgan fingerprint density at radius 1 is 1.41 bits per heavy atom. The van der Waals surface area contributed by atoms with Crippen molar-refractivity contribution in [3.8, 4) is 0 Å². The quantitative estimate of drug-likeness (QED) is 0.604.